The second-order valence-corrected chi connectivity index (χ2v) is 5.58. The smallest absolute Gasteiger partial charge is 0.243 e. The Balaban J connectivity index is 1.69. The number of hydrogen-bond acceptors (Lipinski definition) is 4. The first-order valence-electron chi connectivity index (χ1n) is 7.13. The molecule has 2 N–H and O–H groups in total. The molecule has 0 bridgehead atoms. The molecule has 0 atom stereocenters. The van der Waals surface area contributed by atoms with Crippen molar-refractivity contribution >= 4 is 11.6 Å². The van der Waals surface area contributed by atoms with Gasteiger partial charge in [-0.1, -0.05) is 25.7 Å². The van der Waals surface area contributed by atoms with Crippen molar-refractivity contribution in [3.63, 3.8) is 0 Å². The maximum Gasteiger partial charge on any atom is 0.243 e. The molecule has 5 nitrogen and oxygen atoms in total. The lowest BCUT2D eigenvalue weighted by Gasteiger charge is -2.26. The van der Waals surface area contributed by atoms with E-state index in [9.17, 15) is 9.50 Å². The molecule has 0 unspecified atom stereocenters. The molecule has 3 rings (SSSR count). The highest BCUT2D eigenvalue weighted by atomic mass is 19.1. The summed E-state index contributed by atoms with van der Waals surface area (Å²) >= 11 is 0. The third-order valence-corrected chi connectivity index (χ3v) is 3.90. The van der Waals surface area contributed by atoms with Gasteiger partial charge in [-0.2, -0.15) is 4.98 Å². The van der Waals surface area contributed by atoms with Crippen molar-refractivity contribution in [2.24, 2.45) is 0 Å². The van der Waals surface area contributed by atoms with Crippen LogP contribution in [0.25, 0.3) is 5.65 Å². The van der Waals surface area contributed by atoms with E-state index in [1.54, 1.807) is 6.07 Å². The third kappa shape index (κ3) is 2.90. The third-order valence-electron chi connectivity index (χ3n) is 3.90. The molecule has 0 radical (unpaired) electrons. The molecule has 0 amide bonds. The summed E-state index contributed by atoms with van der Waals surface area (Å²) in [6.07, 6.45) is 7.39. The number of aliphatic hydroxyl groups is 1. The van der Waals surface area contributed by atoms with Crippen LogP contribution >= 0.6 is 0 Å². The zero-order valence-corrected chi connectivity index (χ0v) is 11.3. The second kappa shape index (κ2) is 5.36. The summed E-state index contributed by atoms with van der Waals surface area (Å²) < 4.78 is 14.5. The highest BCUT2D eigenvalue weighted by Gasteiger charge is 2.28. The summed E-state index contributed by atoms with van der Waals surface area (Å²) in [6, 6.07) is 2.93. The molecule has 2 heterocycles. The van der Waals surface area contributed by atoms with Crippen LogP contribution in [0.3, 0.4) is 0 Å². The maximum atomic E-state index is 13.1. The van der Waals surface area contributed by atoms with Gasteiger partial charge in [0, 0.05) is 6.54 Å². The van der Waals surface area contributed by atoms with Gasteiger partial charge in [-0.25, -0.2) is 8.91 Å². The van der Waals surface area contributed by atoms with Crippen molar-refractivity contribution in [1.29, 1.82) is 0 Å². The van der Waals surface area contributed by atoms with Crippen LogP contribution in [0.15, 0.2) is 18.3 Å². The van der Waals surface area contributed by atoms with E-state index >= 15 is 0 Å². The quantitative estimate of drug-likeness (QED) is 0.846. The minimum Gasteiger partial charge on any atom is -0.388 e. The van der Waals surface area contributed by atoms with Gasteiger partial charge in [-0.15, -0.1) is 5.10 Å². The predicted octanol–water partition coefficient (Wildman–Crippen LogP) is 2.37. The van der Waals surface area contributed by atoms with E-state index in [0.29, 0.717) is 18.1 Å². The van der Waals surface area contributed by atoms with Gasteiger partial charge in [0.1, 0.15) is 5.82 Å². The zero-order chi connectivity index (χ0) is 14.0. The minimum atomic E-state index is -0.681. The number of pyridine rings is 1. The summed E-state index contributed by atoms with van der Waals surface area (Å²) in [4.78, 5) is 4.26. The van der Waals surface area contributed by atoms with Gasteiger partial charge in [0.2, 0.25) is 5.95 Å². The highest BCUT2D eigenvalue weighted by molar-refractivity contribution is 5.43. The van der Waals surface area contributed by atoms with Gasteiger partial charge in [0.25, 0.3) is 0 Å². The molecular formula is C14H19FN4O. The molecule has 108 valence electrons. The fraction of sp³-hybridized carbons (Fsp3) is 0.571. The monoisotopic (exact) mass is 278 g/mol. The molecule has 1 fully saturated rings. The second-order valence-electron chi connectivity index (χ2n) is 5.58. The van der Waals surface area contributed by atoms with Gasteiger partial charge >= 0.3 is 0 Å². The van der Waals surface area contributed by atoms with Gasteiger partial charge in [-0.3, -0.25) is 0 Å². The largest absolute Gasteiger partial charge is 0.388 e. The van der Waals surface area contributed by atoms with Crippen LogP contribution < -0.4 is 5.32 Å². The molecule has 0 aliphatic heterocycles. The number of halogens is 1. The lowest BCUT2D eigenvalue weighted by molar-refractivity contribution is 0.0380. The molecule has 0 saturated heterocycles. The van der Waals surface area contributed by atoms with Crippen LogP contribution in [0.4, 0.5) is 10.3 Å². The summed E-state index contributed by atoms with van der Waals surface area (Å²) in [7, 11) is 0. The van der Waals surface area contributed by atoms with Crippen LogP contribution in [0.1, 0.15) is 38.5 Å². The Bertz CT molecular complexity index is 590. The SMILES string of the molecule is OC1(CNc2nc3ccc(F)cn3n2)CCCCCC1. The topological polar surface area (TPSA) is 62.5 Å². The molecule has 2 aromatic rings. The molecule has 1 aliphatic carbocycles. The summed E-state index contributed by atoms with van der Waals surface area (Å²) in [5, 5.41) is 17.8. The lowest BCUT2D eigenvalue weighted by Crippen LogP contribution is -2.36. The normalized spacial score (nSPS) is 18.9. The molecular weight excluding hydrogens is 259 g/mol. The summed E-state index contributed by atoms with van der Waals surface area (Å²) in [6.45, 7) is 0.437. The molecule has 6 heteroatoms. The van der Waals surface area contributed by atoms with Crippen molar-refractivity contribution in [3.8, 4) is 0 Å². The molecule has 1 aliphatic rings. The van der Waals surface area contributed by atoms with Gasteiger partial charge in [-0.05, 0) is 25.0 Å². The zero-order valence-electron chi connectivity index (χ0n) is 11.3. The number of hydrogen-bond donors (Lipinski definition) is 2. The fourth-order valence-electron chi connectivity index (χ4n) is 2.74. The van der Waals surface area contributed by atoms with E-state index < -0.39 is 5.60 Å². The molecule has 2 aromatic heterocycles. The van der Waals surface area contributed by atoms with Crippen LogP contribution in [-0.2, 0) is 0 Å². The van der Waals surface area contributed by atoms with Crippen molar-refractivity contribution < 1.29 is 9.50 Å². The van der Waals surface area contributed by atoms with E-state index in [0.717, 1.165) is 25.7 Å². The first-order valence-corrected chi connectivity index (χ1v) is 7.13. The van der Waals surface area contributed by atoms with Crippen LogP contribution in [0, 0.1) is 5.82 Å². The van der Waals surface area contributed by atoms with E-state index in [1.807, 2.05) is 0 Å². The number of rotatable bonds is 3. The maximum absolute atomic E-state index is 13.1. The molecule has 20 heavy (non-hydrogen) atoms. The Kier molecular flexibility index (Phi) is 3.56. The number of aromatic nitrogens is 3. The fourth-order valence-corrected chi connectivity index (χ4v) is 2.74. The van der Waals surface area contributed by atoms with Crippen LogP contribution in [0.2, 0.25) is 0 Å². The number of nitrogens with one attached hydrogen (secondary N) is 1. The van der Waals surface area contributed by atoms with Gasteiger partial charge < -0.3 is 10.4 Å². The first-order chi connectivity index (χ1) is 9.65. The minimum absolute atomic E-state index is 0.351. The Morgan fingerprint density at radius 1 is 1.25 bits per heavy atom. The van der Waals surface area contributed by atoms with Gasteiger partial charge in [0.15, 0.2) is 5.65 Å². The average Bonchev–Trinajstić information content (AvgIpc) is 2.70. The Hall–Kier alpha value is -1.69. The van der Waals surface area contributed by atoms with E-state index in [4.69, 9.17) is 0 Å². The number of anilines is 1. The molecule has 0 aromatic carbocycles. The van der Waals surface area contributed by atoms with E-state index in [2.05, 4.69) is 15.4 Å². The number of nitrogens with zero attached hydrogens (tertiary/aromatic N) is 3. The van der Waals surface area contributed by atoms with Crippen molar-refractivity contribution in [3.05, 3.63) is 24.1 Å². The predicted molar refractivity (Wildman–Crippen MR) is 74.1 cm³/mol. The Morgan fingerprint density at radius 2 is 2.00 bits per heavy atom. The Morgan fingerprint density at radius 3 is 2.75 bits per heavy atom. The standard InChI is InChI=1S/C14H19FN4O/c15-11-5-6-12-17-13(18-19(12)9-11)16-10-14(20)7-3-1-2-4-8-14/h5-6,9,20H,1-4,7-8,10H2,(H,16,18). The molecule has 0 spiro atoms. The van der Waals surface area contributed by atoms with Crippen LogP contribution in [-0.4, -0.2) is 31.9 Å². The first kappa shape index (κ1) is 13.3. The highest BCUT2D eigenvalue weighted by Crippen LogP contribution is 2.27. The van der Waals surface area contributed by atoms with Crippen LogP contribution in [0.5, 0.6) is 0 Å². The van der Waals surface area contributed by atoms with E-state index in [1.165, 1.54) is 29.6 Å². The van der Waals surface area contributed by atoms with E-state index in [-0.39, 0.29) is 5.82 Å². The molecule has 1 saturated carbocycles. The Labute approximate surface area is 116 Å². The number of fused-ring (bicyclic) bond motifs is 1. The van der Waals surface area contributed by atoms with Gasteiger partial charge in [0.05, 0.1) is 11.8 Å². The van der Waals surface area contributed by atoms with Crippen molar-refractivity contribution in [2.75, 3.05) is 11.9 Å². The average molecular weight is 278 g/mol. The summed E-state index contributed by atoms with van der Waals surface area (Å²) in [5.41, 5.74) is -0.0964. The van der Waals surface area contributed by atoms with Crippen molar-refractivity contribution in [2.45, 2.75) is 44.1 Å². The summed E-state index contributed by atoms with van der Waals surface area (Å²) in [5.74, 6) is 0.0737. The lowest BCUT2D eigenvalue weighted by atomic mass is 9.95. The van der Waals surface area contributed by atoms with Crippen molar-refractivity contribution in [1.82, 2.24) is 14.6 Å².